The minimum atomic E-state index is -3.52. The quantitative estimate of drug-likeness (QED) is 0.751. The minimum Gasteiger partial charge on any atom is -0.326 e. The lowest BCUT2D eigenvalue weighted by Crippen LogP contribution is -2.27. The number of carbonyl (C=O) groups is 1. The molecule has 1 unspecified atom stereocenters. The smallest absolute Gasteiger partial charge is 0.240 e. The standard InChI is InChI=1S/C14H21N3O3S.ClH/c1-10-5-6-12(8-13(10)21(19,20)15-2)17-14(18)9-11-4-3-7-16-11;/h5-6,8,11,15-16H,3-4,7,9H2,1-2H3,(H,17,18);1H. The van der Waals surface area contributed by atoms with Crippen LogP contribution in [0, 0.1) is 6.92 Å². The molecule has 8 heteroatoms. The number of aryl methyl sites for hydroxylation is 1. The zero-order chi connectivity index (χ0) is 15.5. The third-order valence-electron chi connectivity index (χ3n) is 3.62. The molecule has 1 aromatic carbocycles. The van der Waals surface area contributed by atoms with E-state index < -0.39 is 10.0 Å². The second-order valence-electron chi connectivity index (χ2n) is 5.23. The number of halogens is 1. The summed E-state index contributed by atoms with van der Waals surface area (Å²) < 4.78 is 26.1. The van der Waals surface area contributed by atoms with Crippen molar-refractivity contribution in [3.8, 4) is 0 Å². The van der Waals surface area contributed by atoms with Crippen molar-refractivity contribution in [2.24, 2.45) is 0 Å². The Bertz CT molecular complexity index is 628. The molecular weight excluding hydrogens is 326 g/mol. The Balaban J connectivity index is 0.00000242. The number of carbonyl (C=O) groups excluding carboxylic acids is 1. The van der Waals surface area contributed by atoms with Gasteiger partial charge in [-0.15, -0.1) is 12.4 Å². The molecule has 1 heterocycles. The van der Waals surface area contributed by atoms with E-state index in [9.17, 15) is 13.2 Å². The highest BCUT2D eigenvalue weighted by atomic mass is 35.5. The van der Waals surface area contributed by atoms with Gasteiger partial charge in [0.25, 0.3) is 0 Å². The second-order valence-corrected chi connectivity index (χ2v) is 7.09. The van der Waals surface area contributed by atoms with Gasteiger partial charge in [-0.1, -0.05) is 6.07 Å². The van der Waals surface area contributed by atoms with Crippen molar-refractivity contribution in [2.45, 2.75) is 37.1 Å². The molecule has 22 heavy (non-hydrogen) atoms. The normalized spacial score (nSPS) is 17.8. The number of sulfonamides is 1. The van der Waals surface area contributed by atoms with Crippen molar-refractivity contribution in [2.75, 3.05) is 18.9 Å². The van der Waals surface area contributed by atoms with Gasteiger partial charge in [0.1, 0.15) is 0 Å². The van der Waals surface area contributed by atoms with Gasteiger partial charge in [0.05, 0.1) is 4.90 Å². The lowest BCUT2D eigenvalue weighted by Gasteiger charge is -2.12. The lowest BCUT2D eigenvalue weighted by atomic mass is 10.1. The van der Waals surface area contributed by atoms with Crippen LogP contribution in [0.1, 0.15) is 24.8 Å². The van der Waals surface area contributed by atoms with E-state index in [2.05, 4.69) is 15.4 Å². The van der Waals surface area contributed by atoms with E-state index in [1.54, 1.807) is 19.1 Å². The molecule has 0 aromatic heterocycles. The van der Waals surface area contributed by atoms with Crippen LogP contribution >= 0.6 is 12.4 Å². The summed E-state index contributed by atoms with van der Waals surface area (Å²) in [6, 6.07) is 5.11. The Labute approximate surface area is 137 Å². The maximum absolute atomic E-state index is 12.0. The van der Waals surface area contributed by atoms with Gasteiger partial charge in [0.15, 0.2) is 0 Å². The van der Waals surface area contributed by atoms with E-state index in [4.69, 9.17) is 0 Å². The SMILES string of the molecule is CNS(=O)(=O)c1cc(NC(=O)CC2CCCN2)ccc1C.Cl. The van der Waals surface area contributed by atoms with E-state index in [-0.39, 0.29) is 29.3 Å². The predicted molar refractivity (Wildman–Crippen MR) is 88.9 cm³/mol. The van der Waals surface area contributed by atoms with Crippen LogP contribution in [0.5, 0.6) is 0 Å². The van der Waals surface area contributed by atoms with Crippen LogP contribution in [0.25, 0.3) is 0 Å². The van der Waals surface area contributed by atoms with Gasteiger partial charge in [-0.05, 0) is 51.1 Å². The molecule has 0 spiro atoms. The fourth-order valence-electron chi connectivity index (χ4n) is 2.44. The van der Waals surface area contributed by atoms with Crippen LogP contribution in [0.15, 0.2) is 23.1 Å². The molecule has 6 nitrogen and oxygen atoms in total. The Morgan fingerprint density at radius 2 is 2.14 bits per heavy atom. The summed E-state index contributed by atoms with van der Waals surface area (Å²) >= 11 is 0. The first-order chi connectivity index (χ1) is 9.92. The van der Waals surface area contributed by atoms with Gasteiger partial charge >= 0.3 is 0 Å². The fourth-order valence-corrected chi connectivity index (χ4v) is 3.44. The summed E-state index contributed by atoms with van der Waals surface area (Å²) in [6.45, 7) is 2.67. The topological polar surface area (TPSA) is 87.3 Å². The molecule has 0 aliphatic carbocycles. The van der Waals surface area contributed by atoms with Gasteiger partial charge in [-0.3, -0.25) is 4.79 Å². The highest BCUT2D eigenvalue weighted by Crippen LogP contribution is 2.20. The highest BCUT2D eigenvalue weighted by molar-refractivity contribution is 7.89. The van der Waals surface area contributed by atoms with E-state index in [1.165, 1.54) is 13.1 Å². The maximum atomic E-state index is 12.0. The molecule has 1 aliphatic rings. The molecule has 1 aromatic rings. The van der Waals surface area contributed by atoms with Crippen molar-refractivity contribution in [3.05, 3.63) is 23.8 Å². The van der Waals surface area contributed by atoms with Gasteiger partial charge < -0.3 is 10.6 Å². The number of hydrogen-bond donors (Lipinski definition) is 3. The molecule has 124 valence electrons. The van der Waals surface area contributed by atoms with Crippen molar-refractivity contribution in [1.29, 1.82) is 0 Å². The first kappa shape index (κ1) is 18.9. The van der Waals surface area contributed by atoms with Crippen LogP contribution in [0.2, 0.25) is 0 Å². The van der Waals surface area contributed by atoms with Crippen molar-refractivity contribution in [3.63, 3.8) is 0 Å². The molecule has 0 saturated carbocycles. The third kappa shape index (κ3) is 4.67. The van der Waals surface area contributed by atoms with E-state index in [0.29, 0.717) is 17.7 Å². The zero-order valence-electron chi connectivity index (χ0n) is 12.7. The van der Waals surface area contributed by atoms with Crippen LogP contribution < -0.4 is 15.4 Å². The second kappa shape index (κ2) is 7.92. The number of nitrogens with one attached hydrogen (secondary N) is 3. The number of anilines is 1. The number of rotatable bonds is 5. The van der Waals surface area contributed by atoms with Gasteiger partial charge in [0, 0.05) is 18.2 Å². The lowest BCUT2D eigenvalue weighted by molar-refractivity contribution is -0.116. The van der Waals surface area contributed by atoms with E-state index >= 15 is 0 Å². The molecule has 1 fully saturated rings. The van der Waals surface area contributed by atoms with Crippen LogP contribution in [0.3, 0.4) is 0 Å². The molecule has 1 atom stereocenters. The van der Waals surface area contributed by atoms with Gasteiger partial charge in [-0.25, -0.2) is 13.1 Å². The van der Waals surface area contributed by atoms with Crippen LogP contribution in [0.4, 0.5) is 5.69 Å². The number of amides is 1. The van der Waals surface area contributed by atoms with E-state index in [0.717, 1.165) is 19.4 Å². The van der Waals surface area contributed by atoms with Crippen molar-refractivity contribution < 1.29 is 13.2 Å². The molecular formula is C14H22ClN3O3S. The summed E-state index contributed by atoms with van der Waals surface area (Å²) in [6.07, 6.45) is 2.50. The summed E-state index contributed by atoms with van der Waals surface area (Å²) in [4.78, 5) is 12.1. The average molecular weight is 348 g/mol. The Morgan fingerprint density at radius 3 is 2.73 bits per heavy atom. The Morgan fingerprint density at radius 1 is 1.41 bits per heavy atom. The molecule has 3 N–H and O–H groups in total. The Hall–Kier alpha value is -1.15. The molecule has 1 amide bonds. The van der Waals surface area contributed by atoms with Gasteiger partial charge in [-0.2, -0.15) is 0 Å². The summed E-state index contributed by atoms with van der Waals surface area (Å²) in [5.74, 6) is -0.106. The van der Waals surface area contributed by atoms with Gasteiger partial charge in [0.2, 0.25) is 15.9 Å². The number of hydrogen-bond acceptors (Lipinski definition) is 4. The zero-order valence-corrected chi connectivity index (χ0v) is 14.3. The molecule has 1 saturated heterocycles. The molecule has 2 rings (SSSR count). The minimum absolute atomic E-state index is 0. The van der Waals surface area contributed by atoms with Crippen LogP contribution in [-0.4, -0.2) is 34.0 Å². The summed E-state index contributed by atoms with van der Waals surface area (Å²) in [7, 11) is -2.16. The molecule has 0 radical (unpaired) electrons. The van der Waals surface area contributed by atoms with Crippen molar-refractivity contribution in [1.82, 2.24) is 10.0 Å². The first-order valence-electron chi connectivity index (χ1n) is 7.00. The van der Waals surface area contributed by atoms with Crippen LogP contribution in [-0.2, 0) is 14.8 Å². The first-order valence-corrected chi connectivity index (χ1v) is 8.48. The maximum Gasteiger partial charge on any atom is 0.240 e. The third-order valence-corrected chi connectivity index (χ3v) is 5.18. The van der Waals surface area contributed by atoms with E-state index in [1.807, 2.05) is 0 Å². The Kier molecular flexibility index (Phi) is 6.80. The fraction of sp³-hybridized carbons (Fsp3) is 0.500. The molecule has 1 aliphatic heterocycles. The predicted octanol–water partition coefficient (Wildman–Crippen LogP) is 1.41. The summed E-state index contributed by atoms with van der Waals surface area (Å²) in [5, 5.41) is 6.02. The average Bonchev–Trinajstić information content (AvgIpc) is 2.93. The van der Waals surface area contributed by atoms with Crippen molar-refractivity contribution >= 4 is 34.0 Å². The monoisotopic (exact) mass is 347 g/mol. The largest absolute Gasteiger partial charge is 0.326 e. The molecule has 0 bridgehead atoms. The highest BCUT2D eigenvalue weighted by Gasteiger charge is 2.19. The number of benzene rings is 1. The summed E-state index contributed by atoms with van der Waals surface area (Å²) in [5.41, 5.74) is 1.14.